The Hall–Kier alpha value is -1.57. The smallest absolute Gasteiger partial charge is 0.226 e. The second kappa shape index (κ2) is 8.33. The van der Waals surface area contributed by atoms with Crippen molar-refractivity contribution in [1.29, 1.82) is 0 Å². The van der Waals surface area contributed by atoms with Crippen LogP contribution >= 0.6 is 0 Å². The monoisotopic (exact) mass is 328 g/mol. The molecule has 0 spiro atoms. The van der Waals surface area contributed by atoms with E-state index in [1.54, 1.807) is 7.05 Å². The number of carbonyl (C=O) groups is 1. The lowest BCUT2D eigenvalue weighted by atomic mass is 10.1. The van der Waals surface area contributed by atoms with Gasteiger partial charge in [-0.25, -0.2) is 8.78 Å². The molecule has 1 aromatic rings. The van der Waals surface area contributed by atoms with Gasteiger partial charge in [-0.3, -0.25) is 9.69 Å². The van der Waals surface area contributed by atoms with E-state index in [1.807, 2.05) is 0 Å². The van der Waals surface area contributed by atoms with Gasteiger partial charge < -0.3 is 14.7 Å². The van der Waals surface area contributed by atoms with Crippen molar-refractivity contribution in [3.8, 4) is 0 Å². The van der Waals surface area contributed by atoms with Crippen LogP contribution in [0.2, 0.25) is 0 Å². The average Bonchev–Trinajstić information content (AvgIpc) is 2.52. The molecule has 128 valence electrons. The molecule has 0 saturated carbocycles. The molecule has 1 amide bonds. The van der Waals surface area contributed by atoms with Crippen LogP contribution in [0.25, 0.3) is 0 Å². The van der Waals surface area contributed by atoms with Crippen molar-refractivity contribution in [2.75, 3.05) is 46.4 Å². The van der Waals surface area contributed by atoms with E-state index < -0.39 is 17.7 Å². The molecular weight excluding hydrogens is 306 g/mol. The number of likely N-dealkylation sites (N-methyl/N-ethyl adjacent to an activating group) is 1. The Morgan fingerprint density at radius 1 is 1.39 bits per heavy atom. The zero-order chi connectivity index (χ0) is 16.8. The highest BCUT2D eigenvalue weighted by Crippen LogP contribution is 2.13. The average molecular weight is 328 g/mol. The number of halogens is 2. The Labute approximate surface area is 134 Å². The van der Waals surface area contributed by atoms with Gasteiger partial charge in [0.15, 0.2) is 11.6 Å². The number of benzene rings is 1. The molecule has 1 fully saturated rings. The van der Waals surface area contributed by atoms with Crippen molar-refractivity contribution >= 4 is 5.91 Å². The van der Waals surface area contributed by atoms with Crippen molar-refractivity contribution in [2.24, 2.45) is 0 Å². The summed E-state index contributed by atoms with van der Waals surface area (Å²) in [7, 11) is 1.54. The molecule has 1 atom stereocenters. The largest absolute Gasteiger partial charge is 0.390 e. The van der Waals surface area contributed by atoms with E-state index in [0.717, 1.165) is 19.2 Å². The van der Waals surface area contributed by atoms with Crippen molar-refractivity contribution < 1.29 is 23.4 Å². The maximum absolute atomic E-state index is 13.6. The van der Waals surface area contributed by atoms with Crippen LogP contribution in [0.4, 0.5) is 8.78 Å². The molecule has 5 nitrogen and oxygen atoms in total. The first-order valence-electron chi connectivity index (χ1n) is 7.62. The molecule has 1 aliphatic rings. The summed E-state index contributed by atoms with van der Waals surface area (Å²) in [6.07, 6.45) is -0.927. The van der Waals surface area contributed by atoms with Crippen LogP contribution in [-0.4, -0.2) is 73.4 Å². The van der Waals surface area contributed by atoms with E-state index in [1.165, 1.54) is 17.0 Å². The van der Waals surface area contributed by atoms with Gasteiger partial charge in [-0.05, 0) is 6.07 Å². The number of rotatable bonds is 6. The van der Waals surface area contributed by atoms with Gasteiger partial charge >= 0.3 is 0 Å². The number of amides is 1. The van der Waals surface area contributed by atoms with E-state index >= 15 is 0 Å². The van der Waals surface area contributed by atoms with Gasteiger partial charge in [0.05, 0.1) is 25.7 Å². The Balaban J connectivity index is 1.83. The summed E-state index contributed by atoms with van der Waals surface area (Å²) in [6.45, 7) is 3.38. The maximum Gasteiger partial charge on any atom is 0.226 e. The summed E-state index contributed by atoms with van der Waals surface area (Å²) >= 11 is 0. The third-order valence-corrected chi connectivity index (χ3v) is 3.86. The molecule has 0 radical (unpaired) electrons. The molecular formula is C16H22F2N2O3. The van der Waals surface area contributed by atoms with Crippen LogP contribution in [0.3, 0.4) is 0 Å². The molecule has 1 N–H and O–H groups in total. The minimum absolute atomic E-state index is 0.0181. The summed E-state index contributed by atoms with van der Waals surface area (Å²) < 4.78 is 32.0. The van der Waals surface area contributed by atoms with Crippen LogP contribution in [0.15, 0.2) is 18.2 Å². The molecule has 0 bridgehead atoms. The minimum Gasteiger partial charge on any atom is -0.390 e. The number of hydrogen-bond acceptors (Lipinski definition) is 4. The first-order valence-corrected chi connectivity index (χ1v) is 7.62. The first-order chi connectivity index (χ1) is 11.0. The van der Waals surface area contributed by atoms with Crippen molar-refractivity contribution in [3.63, 3.8) is 0 Å². The SMILES string of the molecule is CN(CC(O)CN1CCOCC1)C(=O)Cc1cccc(F)c1F. The van der Waals surface area contributed by atoms with Gasteiger partial charge in [-0.2, -0.15) is 0 Å². The molecule has 1 saturated heterocycles. The third kappa shape index (κ3) is 5.23. The quantitative estimate of drug-likeness (QED) is 0.833. The second-order valence-corrected chi connectivity index (χ2v) is 5.73. The van der Waals surface area contributed by atoms with Crippen molar-refractivity contribution in [3.05, 3.63) is 35.4 Å². The van der Waals surface area contributed by atoms with Gasteiger partial charge in [0.2, 0.25) is 5.91 Å². The van der Waals surface area contributed by atoms with Gasteiger partial charge in [0, 0.05) is 38.8 Å². The number of aliphatic hydroxyl groups is 1. The summed E-state index contributed by atoms with van der Waals surface area (Å²) in [5.41, 5.74) is 0.0181. The normalized spacial score (nSPS) is 17.0. The van der Waals surface area contributed by atoms with Gasteiger partial charge in [-0.1, -0.05) is 12.1 Å². The van der Waals surface area contributed by atoms with Crippen LogP contribution in [-0.2, 0) is 16.0 Å². The number of nitrogens with zero attached hydrogens (tertiary/aromatic N) is 2. The summed E-state index contributed by atoms with van der Waals surface area (Å²) in [4.78, 5) is 15.5. The molecule has 0 aliphatic carbocycles. The number of carbonyl (C=O) groups excluding carboxylic acids is 1. The van der Waals surface area contributed by atoms with Gasteiger partial charge in [0.25, 0.3) is 0 Å². The first kappa shape index (κ1) is 17.8. The standard InChI is InChI=1S/C16H22F2N2O3/c1-19(10-13(21)11-20-5-7-23-8-6-20)15(22)9-12-3-2-4-14(17)16(12)18/h2-4,13,21H,5-11H2,1H3. The number of aliphatic hydroxyl groups excluding tert-OH is 1. The Bertz CT molecular complexity index is 536. The third-order valence-electron chi connectivity index (χ3n) is 3.86. The molecule has 1 unspecified atom stereocenters. The van der Waals surface area contributed by atoms with Gasteiger partial charge in [0.1, 0.15) is 0 Å². The Kier molecular flexibility index (Phi) is 6.44. The molecule has 23 heavy (non-hydrogen) atoms. The van der Waals surface area contributed by atoms with Crippen LogP contribution < -0.4 is 0 Å². The lowest BCUT2D eigenvalue weighted by molar-refractivity contribution is -0.130. The predicted octanol–water partition coefficient (Wildman–Crippen LogP) is 0.659. The fraction of sp³-hybridized carbons (Fsp3) is 0.562. The number of hydrogen-bond donors (Lipinski definition) is 1. The molecule has 1 aliphatic heterocycles. The number of β-amino-alcohol motifs (C(OH)–C–C–N with tert-alkyl or cyclic N) is 1. The van der Waals surface area contributed by atoms with Crippen molar-refractivity contribution in [2.45, 2.75) is 12.5 Å². The van der Waals surface area contributed by atoms with Crippen molar-refractivity contribution in [1.82, 2.24) is 9.80 Å². The molecule has 1 heterocycles. The lowest BCUT2D eigenvalue weighted by Crippen LogP contribution is -2.45. The molecule has 2 rings (SSSR count). The maximum atomic E-state index is 13.6. The fourth-order valence-electron chi connectivity index (χ4n) is 2.54. The summed E-state index contributed by atoms with van der Waals surface area (Å²) in [6, 6.07) is 3.77. The van der Waals surface area contributed by atoms with E-state index in [2.05, 4.69) is 4.90 Å². The Morgan fingerprint density at radius 3 is 2.78 bits per heavy atom. The topological polar surface area (TPSA) is 53.0 Å². The Morgan fingerprint density at radius 2 is 2.09 bits per heavy atom. The van der Waals surface area contributed by atoms with Crippen LogP contribution in [0, 0.1) is 11.6 Å². The molecule has 1 aromatic carbocycles. The predicted molar refractivity (Wildman–Crippen MR) is 81.0 cm³/mol. The second-order valence-electron chi connectivity index (χ2n) is 5.73. The van der Waals surface area contributed by atoms with E-state index in [9.17, 15) is 18.7 Å². The zero-order valence-electron chi connectivity index (χ0n) is 13.2. The van der Waals surface area contributed by atoms with Gasteiger partial charge in [-0.15, -0.1) is 0 Å². The lowest BCUT2D eigenvalue weighted by Gasteiger charge is -2.30. The van der Waals surface area contributed by atoms with E-state index in [4.69, 9.17) is 4.74 Å². The highest BCUT2D eigenvalue weighted by molar-refractivity contribution is 5.78. The molecule has 0 aromatic heterocycles. The van der Waals surface area contributed by atoms with Crippen LogP contribution in [0.5, 0.6) is 0 Å². The highest BCUT2D eigenvalue weighted by Gasteiger charge is 2.19. The highest BCUT2D eigenvalue weighted by atomic mass is 19.2. The molecule has 7 heteroatoms. The van der Waals surface area contributed by atoms with Crippen LogP contribution in [0.1, 0.15) is 5.56 Å². The zero-order valence-corrected chi connectivity index (χ0v) is 13.2. The van der Waals surface area contributed by atoms with E-state index in [-0.39, 0.29) is 24.4 Å². The summed E-state index contributed by atoms with van der Waals surface area (Å²) in [5, 5.41) is 10.1. The minimum atomic E-state index is -0.997. The fourth-order valence-corrected chi connectivity index (χ4v) is 2.54. The number of morpholine rings is 1. The summed E-state index contributed by atoms with van der Waals surface area (Å²) in [5.74, 6) is -2.33. The van der Waals surface area contributed by atoms with E-state index in [0.29, 0.717) is 19.8 Å². The number of ether oxygens (including phenoxy) is 1.